The third-order valence-corrected chi connectivity index (χ3v) is 1.03. The summed E-state index contributed by atoms with van der Waals surface area (Å²) in [5, 5.41) is 2.98. The summed E-state index contributed by atoms with van der Waals surface area (Å²) in [6.45, 7) is 2.03. The summed E-state index contributed by atoms with van der Waals surface area (Å²) in [6, 6.07) is 0. The molecule has 1 aromatic heterocycles. The fraction of sp³-hybridized carbons (Fsp3) is 0.333. The molecule has 1 aliphatic heterocycles. The van der Waals surface area contributed by atoms with Crippen molar-refractivity contribution in [2.24, 2.45) is 0 Å². The zero-order chi connectivity index (χ0) is 4.15. The summed E-state index contributed by atoms with van der Waals surface area (Å²) in [5.41, 5.74) is 4.20. The number of aromatic amines is 1. The van der Waals surface area contributed by atoms with E-state index in [-0.39, 0.29) is 0 Å². The van der Waals surface area contributed by atoms with Gasteiger partial charge in [-0.3, -0.25) is 10.5 Å². The maximum atomic E-state index is 2.98. The van der Waals surface area contributed by atoms with Gasteiger partial charge in [-0.15, -0.1) is 0 Å². The lowest BCUT2D eigenvalue weighted by atomic mass is 10.5. The number of aromatic nitrogens is 2. The van der Waals surface area contributed by atoms with Gasteiger partial charge < -0.3 is 0 Å². The lowest BCUT2D eigenvalue weighted by Crippen LogP contribution is -1.86. The largest absolute Gasteiger partial charge is 0.279 e. The average molecular weight is 83.1 g/mol. The molecule has 2 N–H and O–H groups in total. The van der Waals surface area contributed by atoms with Crippen LogP contribution in [0.25, 0.3) is 0 Å². The molecule has 1 aromatic rings. The maximum absolute atomic E-state index is 2.98. The van der Waals surface area contributed by atoms with Gasteiger partial charge in [0.05, 0.1) is 5.69 Å². The third kappa shape index (κ3) is 0.0833. The molecule has 0 bridgehead atoms. The second-order valence-corrected chi connectivity index (χ2v) is 1.53. The summed E-state index contributed by atoms with van der Waals surface area (Å²) in [4.78, 5) is 1.87. The van der Waals surface area contributed by atoms with Crippen LogP contribution in [0.1, 0.15) is 5.69 Å². The van der Waals surface area contributed by atoms with Crippen LogP contribution in [0.5, 0.6) is 0 Å². The monoisotopic (exact) mass is 83.0 g/mol. The zero-order valence-electron chi connectivity index (χ0n) is 3.45. The van der Waals surface area contributed by atoms with Crippen molar-refractivity contribution in [3.8, 4) is 0 Å². The van der Waals surface area contributed by atoms with Crippen molar-refractivity contribution in [3.05, 3.63) is 5.69 Å². The predicted octanol–water partition coefficient (Wildman–Crippen LogP) is 0.313. The van der Waals surface area contributed by atoms with Gasteiger partial charge in [-0.2, -0.15) is 4.79 Å². The van der Waals surface area contributed by atoms with E-state index in [4.69, 9.17) is 0 Å². The first kappa shape index (κ1) is 2.34. The molecule has 0 spiro atoms. The molecule has 1 aliphatic rings. The number of hydrogen-bond donors (Lipinski definition) is 2. The molecule has 3 nitrogen and oxygen atoms in total. The molecule has 0 atom stereocenters. The Balaban J connectivity index is 2.68. The van der Waals surface area contributed by atoms with E-state index in [1.807, 2.05) is 11.7 Å². The molecule has 0 saturated heterocycles. The van der Waals surface area contributed by atoms with Crippen LogP contribution in [0.3, 0.4) is 0 Å². The first-order valence-corrected chi connectivity index (χ1v) is 1.92. The summed E-state index contributed by atoms with van der Waals surface area (Å²) < 4.78 is 0. The average Bonchev–Trinajstić information content (AvgIpc) is 2.12. The van der Waals surface area contributed by atoms with Crippen molar-refractivity contribution in [2.45, 2.75) is 6.92 Å². The summed E-state index contributed by atoms with van der Waals surface area (Å²) in [6.07, 6.45) is 0. The van der Waals surface area contributed by atoms with Crippen LogP contribution in [-0.4, -0.2) is 9.89 Å². The van der Waals surface area contributed by atoms with E-state index < -0.39 is 0 Å². The normalized spacial score (nSPS) is 13.5. The van der Waals surface area contributed by atoms with E-state index >= 15 is 0 Å². The molecule has 2 heterocycles. The number of fused-ring (bicyclic) bond motifs is 1. The molecule has 0 saturated carbocycles. The number of hydrogen-bond acceptors (Lipinski definition) is 1. The predicted molar refractivity (Wildman–Crippen MR) is 22.5 cm³/mol. The number of H-pyrrole nitrogens is 1. The molecule has 0 fully saturated rings. The molecule has 0 radical (unpaired) electrons. The smallest absolute Gasteiger partial charge is 0.185 e. The van der Waals surface area contributed by atoms with Gasteiger partial charge in [-0.25, -0.2) is 0 Å². The zero-order valence-corrected chi connectivity index (χ0v) is 3.45. The minimum Gasteiger partial charge on any atom is -0.279 e. The molecule has 0 amide bonds. The number of anilines is 1. The van der Waals surface area contributed by atoms with Gasteiger partial charge in [0.25, 0.3) is 0 Å². The highest BCUT2D eigenvalue weighted by molar-refractivity contribution is 5.54. The van der Waals surface area contributed by atoms with Gasteiger partial charge in [-0.1, -0.05) is 0 Å². The first-order valence-electron chi connectivity index (χ1n) is 1.92. The van der Waals surface area contributed by atoms with Crippen LogP contribution < -0.4 is 5.43 Å². The molecule has 0 aliphatic carbocycles. The minimum atomic E-state index is 1.25. The van der Waals surface area contributed by atoms with Gasteiger partial charge in [0.15, 0.2) is 5.82 Å². The Morgan fingerprint density at radius 1 is 1.67 bits per heavy atom. The number of rotatable bonds is 0. The van der Waals surface area contributed by atoms with Gasteiger partial charge in [-0.05, 0) is 6.92 Å². The Labute approximate surface area is 34.9 Å². The minimum absolute atomic E-state index is 1.25. The van der Waals surface area contributed by atoms with Gasteiger partial charge >= 0.3 is 0 Å². The van der Waals surface area contributed by atoms with E-state index in [1.54, 1.807) is 0 Å². The molecular formula is C3H5N3. The molecule has 2 rings (SSSR count). The van der Waals surface area contributed by atoms with E-state index in [9.17, 15) is 0 Å². The lowest BCUT2D eigenvalue weighted by molar-refractivity contribution is 0.883. The fourth-order valence-corrected chi connectivity index (χ4v) is 0.584. The van der Waals surface area contributed by atoms with Crippen LogP contribution in [-0.2, 0) is 0 Å². The highest BCUT2D eigenvalue weighted by Crippen LogP contribution is 2.24. The van der Waals surface area contributed by atoms with Crippen LogP contribution in [0, 0.1) is 6.92 Å². The van der Waals surface area contributed by atoms with E-state index in [0.29, 0.717) is 0 Å². The van der Waals surface area contributed by atoms with Gasteiger partial charge in [0, 0.05) is 0 Å². The quantitative estimate of drug-likeness (QED) is 0.442. The Morgan fingerprint density at radius 2 is 2.50 bits per heavy atom. The molecule has 0 unspecified atom stereocenters. The molecular weight excluding hydrogens is 78.1 g/mol. The second kappa shape index (κ2) is 0.397. The van der Waals surface area contributed by atoms with E-state index in [2.05, 4.69) is 10.5 Å². The fourth-order valence-electron chi connectivity index (χ4n) is 0.584. The van der Waals surface area contributed by atoms with Crippen molar-refractivity contribution in [1.29, 1.82) is 0 Å². The van der Waals surface area contributed by atoms with Gasteiger partial charge in [0.1, 0.15) is 0 Å². The molecule has 3 heteroatoms. The Kier molecular flexibility index (Phi) is 0.155. The second-order valence-electron chi connectivity index (χ2n) is 1.53. The first-order chi connectivity index (χ1) is 2.88. The van der Waals surface area contributed by atoms with Crippen LogP contribution in [0.2, 0.25) is 0 Å². The molecule has 32 valence electrons. The molecule has 0 aromatic carbocycles. The summed E-state index contributed by atoms with van der Waals surface area (Å²) in [7, 11) is 0. The Bertz CT molecular complexity index is 171. The van der Waals surface area contributed by atoms with E-state index in [0.717, 1.165) is 0 Å². The van der Waals surface area contributed by atoms with Crippen molar-refractivity contribution in [1.82, 2.24) is 9.89 Å². The summed E-state index contributed by atoms with van der Waals surface area (Å²) >= 11 is 0. The lowest BCUT2D eigenvalue weighted by Gasteiger charge is -1.85. The number of nitrogens with one attached hydrogen (secondary N) is 2. The van der Waals surface area contributed by atoms with Crippen molar-refractivity contribution >= 4 is 5.82 Å². The van der Waals surface area contributed by atoms with E-state index in [1.165, 1.54) is 11.5 Å². The van der Waals surface area contributed by atoms with Crippen molar-refractivity contribution in [2.75, 3.05) is 5.43 Å². The van der Waals surface area contributed by atoms with Crippen LogP contribution in [0.15, 0.2) is 0 Å². The topological polar surface area (TPSA) is 42.7 Å². The Morgan fingerprint density at radius 3 is 2.50 bits per heavy atom. The van der Waals surface area contributed by atoms with Gasteiger partial charge in [0.2, 0.25) is 0 Å². The van der Waals surface area contributed by atoms with Crippen LogP contribution >= 0.6 is 0 Å². The number of aryl methyl sites for hydroxylation is 1. The highest BCUT2D eigenvalue weighted by atomic mass is 15.8. The van der Waals surface area contributed by atoms with Crippen molar-refractivity contribution < 1.29 is 0 Å². The summed E-state index contributed by atoms with van der Waals surface area (Å²) in [5.74, 6) is 1.25. The third-order valence-electron chi connectivity index (χ3n) is 1.03. The standard InChI is InChI=1S/C3H5N3/c1-2-3-5-6(3)4-2/h4-5H,1H3. The van der Waals surface area contributed by atoms with Crippen molar-refractivity contribution in [3.63, 3.8) is 0 Å². The Hall–Kier alpha value is -0.860. The maximum Gasteiger partial charge on any atom is 0.185 e. The molecule has 6 heavy (non-hydrogen) atoms. The SMILES string of the molecule is Cc1[nH]n2c1N2. The van der Waals surface area contributed by atoms with Crippen LogP contribution in [0.4, 0.5) is 5.82 Å². The highest BCUT2D eigenvalue weighted by Gasteiger charge is 2.21. The number of nitrogens with zero attached hydrogens (tertiary/aromatic N) is 1.